The van der Waals surface area contributed by atoms with Crippen LogP contribution >= 0.6 is 0 Å². The normalized spacial score (nSPS) is 10.6. The van der Waals surface area contributed by atoms with Gasteiger partial charge in [-0.2, -0.15) is 5.10 Å². The van der Waals surface area contributed by atoms with Gasteiger partial charge < -0.3 is 5.11 Å². The third kappa shape index (κ3) is 2.46. The van der Waals surface area contributed by atoms with Crippen molar-refractivity contribution in [3.05, 3.63) is 59.5 Å². The van der Waals surface area contributed by atoms with Crippen molar-refractivity contribution in [2.75, 3.05) is 0 Å². The van der Waals surface area contributed by atoms with Crippen molar-refractivity contribution in [3.63, 3.8) is 0 Å². The maximum absolute atomic E-state index is 11.0. The highest BCUT2D eigenvalue weighted by atomic mass is 16.4. The molecule has 0 amide bonds. The van der Waals surface area contributed by atoms with Crippen molar-refractivity contribution < 1.29 is 9.90 Å². The minimum absolute atomic E-state index is 0.0167. The summed E-state index contributed by atoms with van der Waals surface area (Å²) < 4.78 is 1.47. The number of carbonyl (C=O) groups is 1. The van der Waals surface area contributed by atoms with Gasteiger partial charge in [-0.25, -0.2) is 19.4 Å². The Labute approximate surface area is 127 Å². The molecule has 0 aliphatic carbocycles. The van der Waals surface area contributed by atoms with Gasteiger partial charge in [0.05, 0.1) is 0 Å². The molecule has 0 unspecified atom stereocenters. The summed E-state index contributed by atoms with van der Waals surface area (Å²) in [5.74, 6) is 0.107. The zero-order chi connectivity index (χ0) is 15.7. The summed E-state index contributed by atoms with van der Waals surface area (Å²) in [5.41, 5.74) is 2.57. The molecule has 0 atom stereocenters. The fraction of sp³-hybridized carbons (Fsp3) is 0.125. The van der Waals surface area contributed by atoms with Gasteiger partial charge in [-0.15, -0.1) is 0 Å². The lowest BCUT2D eigenvalue weighted by atomic mass is 10.2. The SMILES string of the molecule is Cc1nc(-c2ccccc2)nc(-n2ccc(C(=O)O)n2)c1C. The largest absolute Gasteiger partial charge is 0.476 e. The summed E-state index contributed by atoms with van der Waals surface area (Å²) in [6.07, 6.45) is 1.59. The molecule has 1 N–H and O–H groups in total. The summed E-state index contributed by atoms with van der Waals surface area (Å²) in [7, 11) is 0. The van der Waals surface area contributed by atoms with Crippen LogP contribution in [0.1, 0.15) is 21.7 Å². The number of hydrogen-bond donors (Lipinski definition) is 1. The summed E-state index contributed by atoms with van der Waals surface area (Å²) >= 11 is 0. The Morgan fingerprint density at radius 1 is 1.09 bits per heavy atom. The van der Waals surface area contributed by atoms with Crippen molar-refractivity contribution in [3.8, 4) is 17.2 Å². The lowest BCUT2D eigenvalue weighted by Crippen LogP contribution is -2.08. The van der Waals surface area contributed by atoms with Crippen LogP contribution in [-0.4, -0.2) is 30.8 Å². The second-order valence-corrected chi connectivity index (χ2v) is 4.90. The average Bonchev–Trinajstić information content (AvgIpc) is 3.01. The lowest BCUT2D eigenvalue weighted by molar-refractivity contribution is 0.0690. The molecule has 3 rings (SSSR count). The Kier molecular flexibility index (Phi) is 3.42. The molecule has 0 aliphatic heterocycles. The quantitative estimate of drug-likeness (QED) is 0.803. The molecular formula is C16H14N4O2. The molecule has 110 valence electrons. The highest BCUT2D eigenvalue weighted by Crippen LogP contribution is 2.20. The van der Waals surface area contributed by atoms with Crippen LogP contribution < -0.4 is 0 Å². The van der Waals surface area contributed by atoms with Gasteiger partial charge >= 0.3 is 5.97 Å². The number of aryl methyl sites for hydroxylation is 1. The third-order valence-corrected chi connectivity index (χ3v) is 3.42. The zero-order valence-corrected chi connectivity index (χ0v) is 12.2. The van der Waals surface area contributed by atoms with Gasteiger partial charge in [0.1, 0.15) is 0 Å². The maximum Gasteiger partial charge on any atom is 0.356 e. The van der Waals surface area contributed by atoms with Crippen LogP contribution in [0.2, 0.25) is 0 Å². The second kappa shape index (κ2) is 5.40. The first-order valence-corrected chi connectivity index (χ1v) is 6.76. The van der Waals surface area contributed by atoms with E-state index in [-0.39, 0.29) is 5.69 Å². The predicted octanol–water partition coefficient (Wildman–Crippen LogP) is 2.64. The molecule has 0 saturated carbocycles. The van der Waals surface area contributed by atoms with Gasteiger partial charge in [0.25, 0.3) is 0 Å². The van der Waals surface area contributed by atoms with Crippen molar-refractivity contribution in [1.29, 1.82) is 0 Å². The number of rotatable bonds is 3. The van der Waals surface area contributed by atoms with Crippen LogP contribution in [-0.2, 0) is 0 Å². The topological polar surface area (TPSA) is 80.9 Å². The van der Waals surface area contributed by atoms with Crippen molar-refractivity contribution in [2.45, 2.75) is 13.8 Å². The molecule has 6 nitrogen and oxygen atoms in total. The van der Waals surface area contributed by atoms with Crippen molar-refractivity contribution >= 4 is 5.97 Å². The molecule has 1 aromatic carbocycles. The van der Waals surface area contributed by atoms with E-state index in [9.17, 15) is 4.79 Å². The smallest absolute Gasteiger partial charge is 0.356 e. The monoisotopic (exact) mass is 294 g/mol. The fourth-order valence-corrected chi connectivity index (χ4v) is 2.11. The van der Waals surface area contributed by atoms with Gasteiger partial charge in [0.15, 0.2) is 17.3 Å². The van der Waals surface area contributed by atoms with Crippen LogP contribution in [0.3, 0.4) is 0 Å². The molecular weight excluding hydrogens is 280 g/mol. The third-order valence-electron chi connectivity index (χ3n) is 3.42. The van der Waals surface area contributed by atoms with E-state index in [0.717, 1.165) is 16.8 Å². The molecule has 3 aromatic rings. The number of aromatic nitrogens is 4. The van der Waals surface area contributed by atoms with E-state index in [4.69, 9.17) is 5.11 Å². The van der Waals surface area contributed by atoms with Crippen LogP contribution in [0, 0.1) is 13.8 Å². The van der Waals surface area contributed by atoms with E-state index in [1.807, 2.05) is 44.2 Å². The Hall–Kier alpha value is -3.02. The average molecular weight is 294 g/mol. The predicted molar refractivity (Wildman–Crippen MR) is 81.0 cm³/mol. The first-order chi connectivity index (χ1) is 10.6. The molecule has 0 saturated heterocycles. The molecule has 2 heterocycles. The highest BCUT2D eigenvalue weighted by molar-refractivity contribution is 5.85. The summed E-state index contributed by atoms with van der Waals surface area (Å²) in [5, 5.41) is 13.0. The number of carboxylic acids is 1. The number of hydrogen-bond acceptors (Lipinski definition) is 4. The molecule has 2 aromatic heterocycles. The second-order valence-electron chi connectivity index (χ2n) is 4.90. The Bertz CT molecular complexity index is 841. The highest BCUT2D eigenvalue weighted by Gasteiger charge is 2.14. The van der Waals surface area contributed by atoms with Crippen LogP contribution in [0.25, 0.3) is 17.2 Å². The maximum atomic E-state index is 11.0. The minimum Gasteiger partial charge on any atom is -0.476 e. The minimum atomic E-state index is -1.06. The van der Waals surface area contributed by atoms with Crippen molar-refractivity contribution in [2.24, 2.45) is 0 Å². The molecule has 0 bridgehead atoms. The Balaban J connectivity index is 2.14. The molecule has 6 heteroatoms. The number of nitrogens with zero attached hydrogens (tertiary/aromatic N) is 4. The summed E-state index contributed by atoms with van der Waals surface area (Å²) in [6, 6.07) is 11.1. The van der Waals surface area contributed by atoms with Gasteiger partial charge in [-0.1, -0.05) is 30.3 Å². The molecule has 22 heavy (non-hydrogen) atoms. The van der Waals surface area contributed by atoms with E-state index in [2.05, 4.69) is 15.1 Å². The number of benzene rings is 1. The molecule has 0 aliphatic rings. The van der Waals surface area contributed by atoms with Crippen molar-refractivity contribution in [1.82, 2.24) is 19.7 Å². The Morgan fingerprint density at radius 3 is 2.45 bits per heavy atom. The summed E-state index contributed by atoms with van der Waals surface area (Å²) in [4.78, 5) is 20.0. The summed E-state index contributed by atoms with van der Waals surface area (Å²) in [6.45, 7) is 3.79. The lowest BCUT2D eigenvalue weighted by Gasteiger charge is -2.10. The van der Waals surface area contributed by atoms with E-state index < -0.39 is 5.97 Å². The Morgan fingerprint density at radius 2 is 1.82 bits per heavy atom. The number of carboxylic acid groups (broad SMARTS) is 1. The van der Waals surface area contributed by atoms with Gasteiger partial charge in [0.2, 0.25) is 0 Å². The standard InChI is InChI=1S/C16H14N4O2/c1-10-11(2)17-14(12-6-4-3-5-7-12)18-15(10)20-9-8-13(19-20)16(21)22/h3-9H,1-2H3,(H,21,22). The van der Waals surface area contributed by atoms with E-state index in [1.165, 1.54) is 10.7 Å². The molecule has 0 radical (unpaired) electrons. The van der Waals surface area contributed by atoms with Crippen LogP contribution in [0.4, 0.5) is 0 Å². The number of aromatic carboxylic acids is 1. The molecule has 0 fully saturated rings. The first kappa shape index (κ1) is 13.9. The molecule has 0 spiro atoms. The van der Waals surface area contributed by atoms with Crippen LogP contribution in [0.5, 0.6) is 0 Å². The zero-order valence-electron chi connectivity index (χ0n) is 12.2. The van der Waals surface area contributed by atoms with E-state index >= 15 is 0 Å². The fourth-order valence-electron chi connectivity index (χ4n) is 2.11. The van der Waals surface area contributed by atoms with Crippen LogP contribution in [0.15, 0.2) is 42.6 Å². The van der Waals surface area contributed by atoms with Gasteiger partial charge in [-0.05, 0) is 19.9 Å². The van der Waals surface area contributed by atoms with E-state index in [0.29, 0.717) is 11.6 Å². The van der Waals surface area contributed by atoms with Gasteiger partial charge in [0, 0.05) is 23.0 Å². The van der Waals surface area contributed by atoms with Gasteiger partial charge in [-0.3, -0.25) is 0 Å². The first-order valence-electron chi connectivity index (χ1n) is 6.76. The van der Waals surface area contributed by atoms with E-state index in [1.54, 1.807) is 6.20 Å².